The second-order valence-electron chi connectivity index (χ2n) is 7.09. The molecule has 0 bridgehead atoms. The van der Waals surface area contributed by atoms with Crippen molar-refractivity contribution in [3.63, 3.8) is 0 Å². The maximum atomic E-state index is 12.6. The molecule has 0 spiro atoms. The number of amides is 2. The maximum absolute atomic E-state index is 12.6. The van der Waals surface area contributed by atoms with Gasteiger partial charge in [-0.25, -0.2) is 4.79 Å². The van der Waals surface area contributed by atoms with E-state index in [1.165, 1.54) is 0 Å². The third-order valence-corrected chi connectivity index (χ3v) is 3.99. The van der Waals surface area contributed by atoms with Crippen molar-refractivity contribution < 1.29 is 19.1 Å². The molecule has 1 rings (SSSR count). The SMILES string of the molecule is CC(C)C[C@H](NC(=O)OCc1ccccc1)C(=O)N[C@H](C=O)CCCN=C(N)N. The zero-order chi connectivity index (χ0) is 21.6. The molecule has 0 aliphatic rings. The number of aldehydes is 1. The maximum Gasteiger partial charge on any atom is 0.408 e. The molecule has 2 amide bonds. The normalized spacial score (nSPS) is 12.5. The molecule has 160 valence electrons. The van der Waals surface area contributed by atoms with Gasteiger partial charge in [-0.2, -0.15) is 0 Å². The van der Waals surface area contributed by atoms with Crippen LogP contribution in [0.2, 0.25) is 0 Å². The number of aliphatic imine (C=N–C) groups is 1. The highest BCUT2D eigenvalue weighted by Gasteiger charge is 2.24. The van der Waals surface area contributed by atoms with E-state index in [1.807, 2.05) is 44.2 Å². The van der Waals surface area contributed by atoms with E-state index in [4.69, 9.17) is 16.2 Å². The number of nitrogens with zero attached hydrogens (tertiary/aromatic N) is 1. The second kappa shape index (κ2) is 13.1. The standard InChI is InChI=1S/C20H31N5O4/c1-14(2)11-17(25-20(28)29-13-15-7-4-3-5-8-15)18(27)24-16(12-26)9-6-10-23-19(21)22/h3-5,7-8,12,14,16-17H,6,9-11,13H2,1-2H3,(H,24,27)(H,25,28)(H4,21,22,23)/t16-,17-/m0/s1. The monoisotopic (exact) mass is 405 g/mol. The number of alkyl carbamates (subject to hydrolysis) is 1. The number of benzene rings is 1. The van der Waals surface area contributed by atoms with Crippen LogP contribution in [-0.2, 0) is 20.9 Å². The molecule has 9 nitrogen and oxygen atoms in total. The van der Waals surface area contributed by atoms with Crippen LogP contribution in [0.1, 0.15) is 38.7 Å². The third-order valence-electron chi connectivity index (χ3n) is 3.99. The summed E-state index contributed by atoms with van der Waals surface area (Å²) in [5.74, 6) is -0.307. The van der Waals surface area contributed by atoms with Crippen molar-refractivity contribution in [1.29, 1.82) is 0 Å². The van der Waals surface area contributed by atoms with Crippen LogP contribution >= 0.6 is 0 Å². The van der Waals surface area contributed by atoms with Crippen LogP contribution in [0, 0.1) is 5.92 Å². The van der Waals surface area contributed by atoms with Gasteiger partial charge in [-0.1, -0.05) is 44.2 Å². The Bertz CT molecular complexity index is 675. The predicted molar refractivity (Wildman–Crippen MR) is 111 cm³/mol. The van der Waals surface area contributed by atoms with Crippen molar-refractivity contribution in [1.82, 2.24) is 10.6 Å². The zero-order valence-electron chi connectivity index (χ0n) is 17.0. The van der Waals surface area contributed by atoms with Gasteiger partial charge in [0.05, 0.1) is 6.04 Å². The van der Waals surface area contributed by atoms with Crippen LogP contribution in [0.4, 0.5) is 4.79 Å². The summed E-state index contributed by atoms with van der Waals surface area (Å²) in [6, 6.07) is 7.74. The van der Waals surface area contributed by atoms with Gasteiger partial charge in [0, 0.05) is 6.54 Å². The number of nitrogens with two attached hydrogens (primary N) is 2. The van der Waals surface area contributed by atoms with E-state index in [9.17, 15) is 14.4 Å². The molecule has 0 aliphatic carbocycles. The summed E-state index contributed by atoms with van der Waals surface area (Å²) in [4.78, 5) is 39.8. The molecule has 6 N–H and O–H groups in total. The average molecular weight is 405 g/mol. The van der Waals surface area contributed by atoms with Crippen molar-refractivity contribution in [2.75, 3.05) is 6.54 Å². The molecule has 9 heteroatoms. The lowest BCUT2D eigenvalue weighted by atomic mass is 10.0. The van der Waals surface area contributed by atoms with Crippen molar-refractivity contribution >= 4 is 24.2 Å². The fraction of sp³-hybridized carbons (Fsp3) is 0.500. The molecule has 0 saturated carbocycles. The number of carbonyl (C=O) groups is 3. The Kier molecular flexibility index (Phi) is 10.8. The summed E-state index contributed by atoms with van der Waals surface area (Å²) in [5, 5.41) is 5.24. The molecule has 0 unspecified atom stereocenters. The molecular formula is C20H31N5O4. The minimum Gasteiger partial charge on any atom is -0.445 e. The van der Waals surface area contributed by atoms with Gasteiger partial charge in [-0.05, 0) is 30.7 Å². The summed E-state index contributed by atoms with van der Waals surface area (Å²) in [6.07, 6.45) is 1.30. The molecule has 0 heterocycles. The van der Waals surface area contributed by atoms with E-state index in [0.717, 1.165) is 5.56 Å². The molecule has 1 aromatic carbocycles. The lowest BCUT2D eigenvalue weighted by Gasteiger charge is -2.22. The van der Waals surface area contributed by atoms with Crippen molar-refractivity contribution in [3.05, 3.63) is 35.9 Å². The number of nitrogens with one attached hydrogen (secondary N) is 2. The topological polar surface area (TPSA) is 149 Å². The van der Waals surface area contributed by atoms with Gasteiger partial charge in [-0.15, -0.1) is 0 Å². The summed E-state index contributed by atoms with van der Waals surface area (Å²) in [5.41, 5.74) is 11.3. The van der Waals surface area contributed by atoms with Crippen molar-refractivity contribution in [2.24, 2.45) is 22.4 Å². The van der Waals surface area contributed by atoms with E-state index in [1.54, 1.807) is 0 Å². The Morgan fingerprint density at radius 1 is 1.17 bits per heavy atom. The molecule has 0 fully saturated rings. The predicted octanol–water partition coefficient (Wildman–Crippen LogP) is 1.06. The minimum atomic E-state index is -0.807. The van der Waals surface area contributed by atoms with Crippen LogP contribution in [0.15, 0.2) is 35.3 Å². The number of carbonyl (C=O) groups excluding carboxylic acids is 3. The molecule has 29 heavy (non-hydrogen) atoms. The van der Waals surface area contributed by atoms with Crippen LogP contribution in [0.5, 0.6) is 0 Å². The van der Waals surface area contributed by atoms with Gasteiger partial charge < -0.3 is 31.6 Å². The van der Waals surface area contributed by atoms with Gasteiger partial charge in [0.1, 0.15) is 18.9 Å². The molecular weight excluding hydrogens is 374 g/mol. The van der Waals surface area contributed by atoms with Crippen molar-refractivity contribution in [2.45, 2.75) is 51.8 Å². The average Bonchev–Trinajstić information content (AvgIpc) is 2.68. The number of guanidine groups is 1. The molecule has 0 aliphatic heterocycles. The van der Waals surface area contributed by atoms with E-state index in [2.05, 4.69) is 15.6 Å². The van der Waals surface area contributed by atoms with Gasteiger partial charge in [0.15, 0.2) is 5.96 Å². The molecule has 0 radical (unpaired) electrons. The first-order chi connectivity index (χ1) is 13.8. The van der Waals surface area contributed by atoms with Crippen molar-refractivity contribution in [3.8, 4) is 0 Å². The van der Waals surface area contributed by atoms with E-state index in [-0.39, 0.29) is 18.5 Å². The third kappa shape index (κ3) is 10.7. The molecule has 0 saturated heterocycles. The quantitative estimate of drug-likeness (QED) is 0.177. The summed E-state index contributed by atoms with van der Waals surface area (Å²) < 4.78 is 5.19. The largest absolute Gasteiger partial charge is 0.445 e. The fourth-order valence-corrected chi connectivity index (χ4v) is 2.59. The minimum absolute atomic E-state index is 0.0214. The van der Waals surface area contributed by atoms with Gasteiger partial charge in [-0.3, -0.25) is 9.79 Å². The van der Waals surface area contributed by atoms with Gasteiger partial charge >= 0.3 is 6.09 Å². The Morgan fingerprint density at radius 3 is 2.45 bits per heavy atom. The number of hydrogen-bond acceptors (Lipinski definition) is 5. The fourth-order valence-electron chi connectivity index (χ4n) is 2.59. The van der Waals surface area contributed by atoms with Gasteiger partial charge in [0.25, 0.3) is 0 Å². The highest BCUT2D eigenvalue weighted by Crippen LogP contribution is 2.07. The first kappa shape index (κ1) is 23.9. The van der Waals surface area contributed by atoms with E-state index < -0.39 is 24.1 Å². The molecule has 0 aromatic heterocycles. The first-order valence-corrected chi connectivity index (χ1v) is 9.60. The first-order valence-electron chi connectivity index (χ1n) is 9.60. The van der Waals surface area contributed by atoms with Crippen LogP contribution < -0.4 is 22.1 Å². The zero-order valence-corrected chi connectivity index (χ0v) is 17.0. The number of rotatable bonds is 12. The summed E-state index contributed by atoms with van der Waals surface area (Å²) in [7, 11) is 0. The summed E-state index contributed by atoms with van der Waals surface area (Å²) in [6.45, 7) is 4.33. The molecule has 2 atom stereocenters. The van der Waals surface area contributed by atoms with Crippen LogP contribution in [0.3, 0.4) is 0 Å². The Labute approximate surface area is 171 Å². The van der Waals surface area contributed by atoms with E-state index >= 15 is 0 Å². The highest BCUT2D eigenvalue weighted by atomic mass is 16.5. The smallest absolute Gasteiger partial charge is 0.408 e. The molecule has 1 aromatic rings. The number of ether oxygens (including phenoxy) is 1. The Morgan fingerprint density at radius 2 is 1.86 bits per heavy atom. The van der Waals surface area contributed by atoms with Gasteiger partial charge in [0.2, 0.25) is 5.91 Å². The Balaban J connectivity index is 2.57. The lowest BCUT2D eigenvalue weighted by Crippen LogP contribution is -2.50. The summed E-state index contributed by atoms with van der Waals surface area (Å²) >= 11 is 0. The van der Waals surface area contributed by atoms with Crippen LogP contribution in [0.25, 0.3) is 0 Å². The van der Waals surface area contributed by atoms with E-state index in [0.29, 0.717) is 32.1 Å². The Hall–Kier alpha value is -3.10. The highest BCUT2D eigenvalue weighted by molar-refractivity contribution is 5.87. The number of hydrogen-bond donors (Lipinski definition) is 4. The second-order valence-corrected chi connectivity index (χ2v) is 7.09. The lowest BCUT2D eigenvalue weighted by molar-refractivity contribution is -0.126. The van der Waals surface area contributed by atoms with Crippen LogP contribution in [-0.4, -0.2) is 42.9 Å².